The van der Waals surface area contributed by atoms with Crippen molar-refractivity contribution in [1.29, 1.82) is 0 Å². The van der Waals surface area contributed by atoms with E-state index in [0.717, 1.165) is 31.7 Å². The number of rotatable bonds is 5. The normalized spacial score (nSPS) is 18.8. The number of likely N-dealkylation sites (tertiary alicyclic amines) is 1. The monoisotopic (exact) mass is 305 g/mol. The summed E-state index contributed by atoms with van der Waals surface area (Å²) < 4.78 is 0. The lowest BCUT2D eigenvalue weighted by Crippen LogP contribution is -2.26. The Kier molecular flexibility index (Phi) is 4.07. The SMILES string of the molecule is O=[N+]([O-])c1ccc(NC2CCN(Cc3cscn3)C2)nc1. The average molecular weight is 305 g/mol. The van der Waals surface area contributed by atoms with Crippen molar-refractivity contribution in [2.75, 3.05) is 18.4 Å². The van der Waals surface area contributed by atoms with Gasteiger partial charge in [0.15, 0.2) is 0 Å². The van der Waals surface area contributed by atoms with Gasteiger partial charge in [0.1, 0.15) is 12.0 Å². The van der Waals surface area contributed by atoms with Gasteiger partial charge in [-0.15, -0.1) is 11.3 Å². The van der Waals surface area contributed by atoms with Crippen LogP contribution in [0.3, 0.4) is 0 Å². The van der Waals surface area contributed by atoms with E-state index in [0.29, 0.717) is 11.9 Å². The smallest absolute Gasteiger partial charge is 0.287 e. The Bertz CT molecular complexity index is 602. The summed E-state index contributed by atoms with van der Waals surface area (Å²) >= 11 is 1.61. The second kappa shape index (κ2) is 6.15. The minimum atomic E-state index is -0.443. The summed E-state index contributed by atoms with van der Waals surface area (Å²) in [5.74, 6) is 0.682. The average Bonchev–Trinajstić information content (AvgIpc) is 3.12. The third-order valence-corrected chi connectivity index (χ3v) is 4.09. The molecular weight excluding hydrogens is 290 g/mol. The lowest BCUT2D eigenvalue weighted by atomic mass is 10.2. The lowest BCUT2D eigenvalue weighted by molar-refractivity contribution is -0.385. The highest BCUT2D eigenvalue weighted by atomic mass is 32.1. The summed E-state index contributed by atoms with van der Waals surface area (Å²) in [6.07, 6.45) is 2.31. The number of anilines is 1. The minimum absolute atomic E-state index is 0.0112. The fraction of sp³-hybridized carbons (Fsp3) is 0.385. The maximum Gasteiger partial charge on any atom is 0.287 e. The van der Waals surface area contributed by atoms with Gasteiger partial charge in [0.25, 0.3) is 5.69 Å². The standard InChI is InChI=1S/C13H15N5O2S/c19-18(20)12-1-2-13(14-5-12)16-10-3-4-17(6-10)7-11-8-21-9-15-11/h1-2,5,8-10H,3-4,6-7H2,(H,14,16). The molecule has 2 aromatic rings. The van der Waals surface area contributed by atoms with E-state index < -0.39 is 4.92 Å². The molecule has 0 aromatic carbocycles. The van der Waals surface area contributed by atoms with Crippen LogP contribution >= 0.6 is 11.3 Å². The largest absolute Gasteiger partial charge is 0.366 e. The van der Waals surface area contributed by atoms with Gasteiger partial charge >= 0.3 is 0 Å². The number of nitrogens with one attached hydrogen (secondary N) is 1. The quantitative estimate of drug-likeness (QED) is 0.673. The third-order valence-electron chi connectivity index (χ3n) is 3.45. The molecule has 0 bridgehead atoms. The van der Waals surface area contributed by atoms with Gasteiger partial charge < -0.3 is 5.32 Å². The fourth-order valence-corrected chi connectivity index (χ4v) is 2.98. The van der Waals surface area contributed by atoms with Crippen LogP contribution in [0.25, 0.3) is 0 Å². The predicted octanol–water partition coefficient (Wildman–Crippen LogP) is 2.13. The first-order chi connectivity index (χ1) is 10.2. The van der Waals surface area contributed by atoms with Crippen molar-refractivity contribution >= 4 is 22.8 Å². The van der Waals surface area contributed by atoms with Crippen LogP contribution in [0.2, 0.25) is 0 Å². The number of pyridine rings is 1. The number of thiazole rings is 1. The summed E-state index contributed by atoms with van der Waals surface area (Å²) in [6, 6.07) is 3.44. The molecule has 0 spiro atoms. The Morgan fingerprint density at radius 1 is 1.48 bits per heavy atom. The summed E-state index contributed by atoms with van der Waals surface area (Å²) in [5, 5.41) is 16.0. The van der Waals surface area contributed by atoms with Crippen molar-refractivity contribution < 1.29 is 4.92 Å². The molecule has 8 heteroatoms. The van der Waals surface area contributed by atoms with Crippen LogP contribution < -0.4 is 5.32 Å². The molecule has 1 aliphatic rings. The first kappa shape index (κ1) is 13.9. The molecular formula is C13H15N5O2S. The van der Waals surface area contributed by atoms with E-state index >= 15 is 0 Å². The molecule has 1 fully saturated rings. The number of aromatic nitrogens is 2. The van der Waals surface area contributed by atoms with E-state index in [9.17, 15) is 10.1 Å². The Morgan fingerprint density at radius 3 is 3.05 bits per heavy atom. The van der Waals surface area contributed by atoms with E-state index in [1.165, 1.54) is 12.3 Å². The zero-order chi connectivity index (χ0) is 14.7. The van der Waals surface area contributed by atoms with Crippen molar-refractivity contribution in [1.82, 2.24) is 14.9 Å². The molecule has 0 saturated carbocycles. The Morgan fingerprint density at radius 2 is 2.38 bits per heavy atom. The number of hydrogen-bond donors (Lipinski definition) is 1. The second-order valence-electron chi connectivity index (χ2n) is 5.00. The van der Waals surface area contributed by atoms with Crippen molar-refractivity contribution in [2.45, 2.75) is 19.0 Å². The molecule has 0 amide bonds. The molecule has 110 valence electrons. The van der Waals surface area contributed by atoms with Gasteiger partial charge in [-0.05, 0) is 12.5 Å². The topological polar surface area (TPSA) is 84.2 Å². The summed E-state index contributed by atoms with van der Waals surface area (Å²) in [4.78, 5) is 20.9. The van der Waals surface area contributed by atoms with Crippen LogP contribution in [-0.2, 0) is 6.54 Å². The minimum Gasteiger partial charge on any atom is -0.366 e. The molecule has 1 unspecified atom stereocenters. The third kappa shape index (κ3) is 3.53. The Balaban J connectivity index is 1.53. The van der Waals surface area contributed by atoms with E-state index in [-0.39, 0.29) is 5.69 Å². The van der Waals surface area contributed by atoms with Crippen LogP contribution in [-0.4, -0.2) is 38.9 Å². The van der Waals surface area contributed by atoms with Gasteiger partial charge in [-0.2, -0.15) is 0 Å². The molecule has 1 aliphatic heterocycles. The van der Waals surface area contributed by atoms with Gasteiger partial charge in [0.2, 0.25) is 0 Å². The second-order valence-corrected chi connectivity index (χ2v) is 5.72. The van der Waals surface area contributed by atoms with Gasteiger partial charge in [0.05, 0.1) is 16.1 Å². The maximum absolute atomic E-state index is 10.6. The maximum atomic E-state index is 10.6. The molecule has 2 aromatic heterocycles. The van der Waals surface area contributed by atoms with Crippen LogP contribution in [0.4, 0.5) is 11.5 Å². The van der Waals surface area contributed by atoms with Crippen LogP contribution in [0.5, 0.6) is 0 Å². The number of nitro groups is 1. The zero-order valence-electron chi connectivity index (χ0n) is 11.3. The molecule has 7 nitrogen and oxygen atoms in total. The van der Waals surface area contributed by atoms with E-state index in [1.54, 1.807) is 17.4 Å². The Labute approximate surface area is 125 Å². The molecule has 0 radical (unpaired) electrons. The van der Waals surface area contributed by atoms with Crippen molar-refractivity contribution in [3.05, 3.63) is 45.0 Å². The molecule has 1 N–H and O–H groups in total. The molecule has 0 aliphatic carbocycles. The number of hydrogen-bond acceptors (Lipinski definition) is 7. The van der Waals surface area contributed by atoms with Gasteiger partial charge in [-0.25, -0.2) is 9.97 Å². The highest BCUT2D eigenvalue weighted by Gasteiger charge is 2.23. The lowest BCUT2D eigenvalue weighted by Gasteiger charge is -2.15. The molecule has 3 rings (SSSR count). The van der Waals surface area contributed by atoms with E-state index in [1.807, 2.05) is 5.51 Å². The van der Waals surface area contributed by atoms with Crippen molar-refractivity contribution in [2.24, 2.45) is 0 Å². The fourth-order valence-electron chi connectivity index (χ4n) is 2.43. The highest BCUT2D eigenvalue weighted by Crippen LogP contribution is 2.18. The first-order valence-corrected chi connectivity index (χ1v) is 7.61. The molecule has 1 atom stereocenters. The van der Waals surface area contributed by atoms with Crippen LogP contribution in [0, 0.1) is 10.1 Å². The zero-order valence-corrected chi connectivity index (χ0v) is 12.1. The van der Waals surface area contributed by atoms with Crippen LogP contribution in [0.15, 0.2) is 29.2 Å². The highest BCUT2D eigenvalue weighted by molar-refractivity contribution is 7.07. The van der Waals surface area contributed by atoms with Crippen molar-refractivity contribution in [3.8, 4) is 0 Å². The van der Waals surface area contributed by atoms with Crippen molar-refractivity contribution in [3.63, 3.8) is 0 Å². The Hall–Kier alpha value is -2.06. The van der Waals surface area contributed by atoms with E-state index in [4.69, 9.17) is 0 Å². The van der Waals surface area contributed by atoms with Gasteiger partial charge in [-0.1, -0.05) is 0 Å². The first-order valence-electron chi connectivity index (χ1n) is 6.67. The number of nitrogens with zero attached hydrogens (tertiary/aromatic N) is 4. The van der Waals surface area contributed by atoms with Gasteiger partial charge in [-0.3, -0.25) is 15.0 Å². The predicted molar refractivity (Wildman–Crippen MR) is 80.3 cm³/mol. The summed E-state index contributed by atoms with van der Waals surface area (Å²) in [7, 11) is 0. The van der Waals surface area contributed by atoms with Gasteiger partial charge in [0, 0.05) is 37.1 Å². The van der Waals surface area contributed by atoms with E-state index in [2.05, 4.69) is 25.6 Å². The molecule has 21 heavy (non-hydrogen) atoms. The molecule has 1 saturated heterocycles. The summed E-state index contributed by atoms with van der Waals surface area (Å²) in [5.41, 5.74) is 2.97. The molecule has 3 heterocycles. The van der Waals surface area contributed by atoms with Crippen LogP contribution in [0.1, 0.15) is 12.1 Å². The summed E-state index contributed by atoms with van der Waals surface area (Å²) in [6.45, 7) is 2.81.